The summed E-state index contributed by atoms with van der Waals surface area (Å²) in [5.74, 6) is 0.850. The van der Waals surface area contributed by atoms with Gasteiger partial charge in [0.2, 0.25) is 0 Å². The van der Waals surface area contributed by atoms with Gasteiger partial charge < -0.3 is 10.6 Å². The Morgan fingerprint density at radius 1 is 1.26 bits per heavy atom. The maximum Gasteiger partial charge on any atom is 0.191 e. The van der Waals surface area contributed by atoms with E-state index in [9.17, 15) is 0 Å². The van der Waals surface area contributed by atoms with Crippen molar-refractivity contribution in [2.24, 2.45) is 4.99 Å². The van der Waals surface area contributed by atoms with Gasteiger partial charge in [0.25, 0.3) is 0 Å². The van der Waals surface area contributed by atoms with Crippen LogP contribution in [0.2, 0.25) is 0 Å². The van der Waals surface area contributed by atoms with Gasteiger partial charge >= 0.3 is 0 Å². The Balaban J connectivity index is 1.96. The van der Waals surface area contributed by atoms with Gasteiger partial charge in [0.15, 0.2) is 5.96 Å². The van der Waals surface area contributed by atoms with E-state index in [2.05, 4.69) is 71.2 Å². The molecule has 0 saturated carbocycles. The van der Waals surface area contributed by atoms with Crippen molar-refractivity contribution in [2.45, 2.75) is 46.1 Å². The summed E-state index contributed by atoms with van der Waals surface area (Å²) in [5, 5.41) is 12.2. The van der Waals surface area contributed by atoms with Crippen LogP contribution in [0.15, 0.2) is 27.9 Å². The molecule has 0 aliphatic rings. The van der Waals surface area contributed by atoms with Gasteiger partial charge in [0.1, 0.15) is 0 Å². The van der Waals surface area contributed by atoms with Gasteiger partial charge in [-0.3, -0.25) is 0 Å². The fourth-order valence-corrected chi connectivity index (χ4v) is 3.73. The first-order chi connectivity index (χ1) is 11.0. The first-order valence-electron chi connectivity index (χ1n) is 8.04. The fraction of sp³-hybridized carbons (Fsp3) is 0.529. The smallest absolute Gasteiger partial charge is 0.191 e. The summed E-state index contributed by atoms with van der Waals surface area (Å²) in [6.07, 6.45) is 0.988. The Morgan fingerprint density at radius 3 is 2.70 bits per heavy atom. The molecule has 126 valence electrons. The molecule has 0 atom stereocenters. The van der Waals surface area contributed by atoms with Crippen molar-refractivity contribution in [1.29, 1.82) is 0 Å². The number of aryl methyl sites for hydroxylation is 1. The Hall–Kier alpha value is -1.40. The third-order valence-electron chi connectivity index (χ3n) is 3.53. The van der Waals surface area contributed by atoms with Crippen molar-refractivity contribution >= 4 is 28.6 Å². The van der Waals surface area contributed by atoms with Gasteiger partial charge in [-0.05, 0) is 24.8 Å². The summed E-state index contributed by atoms with van der Waals surface area (Å²) in [7, 11) is 0. The van der Waals surface area contributed by atoms with Gasteiger partial charge in [-0.2, -0.15) is 0 Å². The second-order valence-electron chi connectivity index (χ2n) is 6.00. The molecule has 23 heavy (non-hydrogen) atoms. The molecule has 0 bridgehead atoms. The van der Waals surface area contributed by atoms with Crippen LogP contribution in [0.5, 0.6) is 0 Å². The van der Waals surface area contributed by atoms with Gasteiger partial charge in [-0.25, -0.2) is 9.98 Å². The summed E-state index contributed by atoms with van der Waals surface area (Å²) in [4.78, 5) is 10.6. The second kappa shape index (κ2) is 8.45. The highest BCUT2D eigenvalue weighted by atomic mass is 32.1. The van der Waals surface area contributed by atoms with Crippen molar-refractivity contribution in [1.82, 2.24) is 15.6 Å². The van der Waals surface area contributed by atoms with Crippen molar-refractivity contribution in [2.75, 3.05) is 13.1 Å². The van der Waals surface area contributed by atoms with Crippen LogP contribution in [-0.2, 0) is 18.4 Å². The lowest BCUT2D eigenvalue weighted by Gasteiger charge is -2.25. The Kier molecular flexibility index (Phi) is 6.59. The molecule has 0 aliphatic heterocycles. The van der Waals surface area contributed by atoms with Crippen LogP contribution in [-0.4, -0.2) is 24.0 Å². The van der Waals surface area contributed by atoms with E-state index in [1.165, 1.54) is 9.88 Å². The molecule has 2 aromatic heterocycles. The van der Waals surface area contributed by atoms with E-state index in [1.54, 1.807) is 22.7 Å². The molecule has 6 heteroatoms. The van der Waals surface area contributed by atoms with Crippen LogP contribution < -0.4 is 10.6 Å². The zero-order valence-electron chi connectivity index (χ0n) is 14.3. The van der Waals surface area contributed by atoms with Crippen LogP contribution in [0.25, 0.3) is 0 Å². The standard InChI is InChI=1S/C17H26N4S2/c1-5-15-21-13(11-23-15)10-19-16(18-6-2)20-12-17(3,4)14-8-7-9-22-14/h7-9,11H,5-6,10,12H2,1-4H3,(H2,18,19,20). The number of aliphatic imine (C=N–C) groups is 1. The first-order valence-corrected chi connectivity index (χ1v) is 9.80. The molecular weight excluding hydrogens is 324 g/mol. The lowest BCUT2D eigenvalue weighted by atomic mass is 9.91. The number of guanidine groups is 1. The largest absolute Gasteiger partial charge is 0.357 e. The number of rotatable bonds is 7. The van der Waals surface area contributed by atoms with Crippen molar-refractivity contribution in [3.05, 3.63) is 38.5 Å². The fourth-order valence-electron chi connectivity index (χ4n) is 2.14. The minimum atomic E-state index is 0.0837. The monoisotopic (exact) mass is 350 g/mol. The zero-order valence-corrected chi connectivity index (χ0v) is 16.0. The maximum atomic E-state index is 4.66. The predicted octanol–water partition coefficient (Wildman–Crippen LogP) is 3.80. The lowest BCUT2D eigenvalue weighted by molar-refractivity contribution is 0.518. The number of thiazole rings is 1. The molecule has 2 N–H and O–H groups in total. The Bertz CT molecular complexity index is 614. The van der Waals surface area contributed by atoms with Gasteiger partial charge in [-0.1, -0.05) is 26.8 Å². The van der Waals surface area contributed by atoms with Crippen molar-refractivity contribution < 1.29 is 0 Å². The van der Waals surface area contributed by atoms with E-state index in [0.717, 1.165) is 31.2 Å². The van der Waals surface area contributed by atoms with Crippen molar-refractivity contribution in [3.8, 4) is 0 Å². The second-order valence-corrected chi connectivity index (χ2v) is 7.89. The summed E-state index contributed by atoms with van der Waals surface area (Å²) < 4.78 is 0. The predicted molar refractivity (Wildman–Crippen MR) is 102 cm³/mol. The average molecular weight is 351 g/mol. The molecule has 2 heterocycles. The molecule has 0 unspecified atom stereocenters. The van der Waals surface area contributed by atoms with Crippen molar-refractivity contribution in [3.63, 3.8) is 0 Å². The van der Waals surface area contributed by atoms with Gasteiger partial charge in [0, 0.05) is 28.8 Å². The third-order valence-corrected chi connectivity index (χ3v) is 5.81. The highest BCUT2D eigenvalue weighted by Gasteiger charge is 2.21. The van der Waals surface area contributed by atoms with E-state index in [4.69, 9.17) is 0 Å². The van der Waals surface area contributed by atoms with Crippen LogP contribution in [0.4, 0.5) is 0 Å². The normalized spacial score (nSPS) is 12.4. The first kappa shape index (κ1) is 17.9. The van der Waals surface area contributed by atoms with E-state index in [1.807, 2.05) is 0 Å². The third kappa shape index (κ3) is 5.32. The van der Waals surface area contributed by atoms with E-state index >= 15 is 0 Å². The minimum Gasteiger partial charge on any atom is -0.357 e. The number of hydrogen-bond donors (Lipinski definition) is 2. The lowest BCUT2D eigenvalue weighted by Crippen LogP contribution is -2.43. The summed E-state index contributed by atoms with van der Waals surface area (Å²) in [5.41, 5.74) is 1.13. The number of nitrogens with zero attached hydrogens (tertiary/aromatic N) is 2. The number of aromatic nitrogens is 1. The average Bonchev–Trinajstić information content (AvgIpc) is 3.21. The van der Waals surface area contributed by atoms with E-state index < -0.39 is 0 Å². The number of thiophene rings is 1. The van der Waals surface area contributed by atoms with E-state index in [-0.39, 0.29) is 5.41 Å². The summed E-state index contributed by atoms with van der Waals surface area (Å²) in [6.45, 7) is 11.0. The maximum absolute atomic E-state index is 4.66. The Morgan fingerprint density at radius 2 is 2.09 bits per heavy atom. The molecule has 0 aliphatic carbocycles. The molecule has 0 radical (unpaired) electrons. The molecule has 2 aromatic rings. The molecule has 4 nitrogen and oxygen atoms in total. The topological polar surface area (TPSA) is 49.3 Å². The summed E-state index contributed by atoms with van der Waals surface area (Å²) >= 11 is 3.51. The molecule has 0 aromatic carbocycles. The highest BCUT2D eigenvalue weighted by molar-refractivity contribution is 7.10. The molecule has 0 saturated heterocycles. The molecule has 2 rings (SSSR count). The van der Waals surface area contributed by atoms with E-state index in [0.29, 0.717) is 6.54 Å². The number of nitrogens with one attached hydrogen (secondary N) is 2. The Labute approximate surface area is 147 Å². The van der Waals surface area contributed by atoms with Gasteiger partial charge in [0.05, 0.1) is 17.2 Å². The molecule has 0 spiro atoms. The minimum absolute atomic E-state index is 0.0837. The van der Waals surface area contributed by atoms with Crippen LogP contribution >= 0.6 is 22.7 Å². The number of hydrogen-bond acceptors (Lipinski definition) is 4. The SMILES string of the molecule is CCNC(=NCc1csc(CC)n1)NCC(C)(C)c1cccs1. The molecule has 0 amide bonds. The molecule has 0 fully saturated rings. The molecular formula is C17H26N4S2. The highest BCUT2D eigenvalue weighted by Crippen LogP contribution is 2.26. The summed E-state index contributed by atoms with van der Waals surface area (Å²) in [6, 6.07) is 4.30. The van der Waals surface area contributed by atoms with Crippen LogP contribution in [0.1, 0.15) is 43.3 Å². The van der Waals surface area contributed by atoms with Crippen LogP contribution in [0.3, 0.4) is 0 Å². The quantitative estimate of drug-likeness (QED) is 0.590. The zero-order chi connectivity index (χ0) is 16.7. The van der Waals surface area contributed by atoms with Crippen LogP contribution in [0, 0.1) is 0 Å². The van der Waals surface area contributed by atoms with Gasteiger partial charge in [-0.15, -0.1) is 22.7 Å².